The number of anilines is 1. The molecule has 3 N–H and O–H groups in total. The highest BCUT2D eigenvalue weighted by Gasteiger charge is 2.22. The molecule has 0 radical (unpaired) electrons. The number of primary sulfonamides is 1. The van der Waals surface area contributed by atoms with Crippen LogP contribution >= 0.6 is 0 Å². The second-order valence-electron chi connectivity index (χ2n) is 8.37. The Morgan fingerprint density at radius 2 is 1.59 bits per heavy atom. The number of likely N-dealkylation sites (tertiary alicyclic amines) is 2. The maximum atomic E-state index is 12.2. The molecule has 0 bridgehead atoms. The molecular formula is C21H34N4O3S. The molecule has 3 rings (SSSR count). The third-order valence-electron chi connectivity index (χ3n) is 6.04. The Morgan fingerprint density at radius 1 is 0.966 bits per heavy atom. The van der Waals surface area contributed by atoms with E-state index in [-0.39, 0.29) is 10.8 Å². The Morgan fingerprint density at radius 3 is 2.17 bits per heavy atom. The standard InChI is InChI=1S/C21H34N4O3S/c22-29(27,28)20-7-5-19(6-8-20)23-21(26)11-16-24-14-9-18(10-15-24)17-25-12-3-1-2-4-13-25/h5-8,18H,1-4,9-17H2,(H,23,26)(H2,22,27,28). The quantitative estimate of drug-likeness (QED) is 0.703. The molecule has 2 aliphatic rings. The average Bonchev–Trinajstić information content (AvgIpc) is 2.96. The largest absolute Gasteiger partial charge is 0.326 e. The summed E-state index contributed by atoms with van der Waals surface area (Å²) in [5.41, 5.74) is 0.582. The van der Waals surface area contributed by atoms with Gasteiger partial charge in [0, 0.05) is 25.2 Å². The minimum atomic E-state index is -3.71. The van der Waals surface area contributed by atoms with Crippen molar-refractivity contribution >= 4 is 21.6 Å². The highest BCUT2D eigenvalue weighted by molar-refractivity contribution is 7.89. The van der Waals surface area contributed by atoms with Crippen LogP contribution < -0.4 is 10.5 Å². The predicted octanol–water partition coefficient (Wildman–Crippen LogP) is 2.25. The fourth-order valence-corrected chi connectivity index (χ4v) is 4.80. The fourth-order valence-electron chi connectivity index (χ4n) is 4.29. The van der Waals surface area contributed by atoms with Crippen molar-refractivity contribution in [2.24, 2.45) is 11.1 Å². The predicted molar refractivity (Wildman–Crippen MR) is 115 cm³/mol. The van der Waals surface area contributed by atoms with E-state index in [1.54, 1.807) is 12.1 Å². The van der Waals surface area contributed by atoms with Crippen molar-refractivity contribution < 1.29 is 13.2 Å². The molecule has 1 aromatic rings. The molecule has 162 valence electrons. The van der Waals surface area contributed by atoms with Gasteiger partial charge in [0.15, 0.2) is 0 Å². The summed E-state index contributed by atoms with van der Waals surface area (Å²) in [6.07, 6.45) is 8.33. The molecule has 0 spiro atoms. The summed E-state index contributed by atoms with van der Waals surface area (Å²) in [5.74, 6) is 0.732. The second-order valence-corrected chi connectivity index (χ2v) is 9.93. The van der Waals surface area contributed by atoms with Crippen LogP contribution in [-0.2, 0) is 14.8 Å². The van der Waals surface area contributed by atoms with E-state index in [0.717, 1.165) is 25.6 Å². The molecular weight excluding hydrogens is 388 g/mol. The van der Waals surface area contributed by atoms with E-state index in [1.807, 2.05) is 0 Å². The molecule has 2 fully saturated rings. The summed E-state index contributed by atoms with van der Waals surface area (Å²) in [7, 11) is -3.71. The number of carbonyl (C=O) groups is 1. The van der Waals surface area contributed by atoms with Gasteiger partial charge in [0.25, 0.3) is 0 Å². The zero-order valence-electron chi connectivity index (χ0n) is 17.2. The zero-order valence-corrected chi connectivity index (χ0v) is 18.0. The van der Waals surface area contributed by atoms with Crippen LogP contribution in [0.15, 0.2) is 29.2 Å². The minimum Gasteiger partial charge on any atom is -0.326 e. The first-order valence-corrected chi connectivity index (χ1v) is 12.3. The highest BCUT2D eigenvalue weighted by atomic mass is 32.2. The number of sulfonamides is 1. The van der Waals surface area contributed by atoms with Gasteiger partial charge in [-0.25, -0.2) is 13.6 Å². The monoisotopic (exact) mass is 422 g/mol. The van der Waals surface area contributed by atoms with E-state index in [2.05, 4.69) is 15.1 Å². The number of nitrogens with one attached hydrogen (secondary N) is 1. The molecule has 0 atom stereocenters. The fraction of sp³-hybridized carbons (Fsp3) is 0.667. The SMILES string of the molecule is NS(=O)(=O)c1ccc(NC(=O)CCN2CCC(CN3CCCCCC3)CC2)cc1. The molecule has 29 heavy (non-hydrogen) atoms. The van der Waals surface area contributed by atoms with Gasteiger partial charge in [0.2, 0.25) is 15.9 Å². The molecule has 2 aliphatic heterocycles. The molecule has 8 heteroatoms. The van der Waals surface area contributed by atoms with E-state index in [1.165, 1.54) is 70.3 Å². The van der Waals surface area contributed by atoms with Crippen LogP contribution in [0, 0.1) is 5.92 Å². The first-order chi connectivity index (χ1) is 13.9. The number of rotatable bonds is 7. The number of nitrogens with zero attached hydrogens (tertiary/aromatic N) is 2. The van der Waals surface area contributed by atoms with E-state index in [4.69, 9.17) is 5.14 Å². The van der Waals surface area contributed by atoms with Crippen LogP contribution in [0.5, 0.6) is 0 Å². The number of carbonyl (C=O) groups excluding carboxylic acids is 1. The van der Waals surface area contributed by atoms with Gasteiger partial charge in [0.1, 0.15) is 0 Å². The van der Waals surface area contributed by atoms with E-state index in [9.17, 15) is 13.2 Å². The van der Waals surface area contributed by atoms with Gasteiger partial charge in [-0.2, -0.15) is 0 Å². The third-order valence-corrected chi connectivity index (χ3v) is 6.97. The minimum absolute atomic E-state index is 0.0403. The van der Waals surface area contributed by atoms with Crippen LogP contribution in [0.25, 0.3) is 0 Å². The summed E-state index contributed by atoms with van der Waals surface area (Å²) < 4.78 is 22.6. The second kappa shape index (κ2) is 10.5. The van der Waals surface area contributed by atoms with E-state index in [0.29, 0.717) is 12.1 Å². The zero-order chi connectivity index (χ0) is 20.7. The van der Waals surface area contributed by atoms with Gasteiger partial charge in [-0.05, 0) is 82.0 Å². The van der Waals surface area contributed by atoms with E-state index >= 15 is 0 Å². The lowest BCUT2D eigenvalue weighted by molar-refractivity contribution is -0.116. The number of nitrogens with two attached hydrogens (primary N) is 1. The van der Waals surface area contributed by atoms with Gasteiger partial charge in [-0.1, -0.05) is 12.8 Å². The van der Waals surface area contributed by atoms with Crippen molar-refractivity contribution in [2.75, 3.05) is 44.6 Å². The van der Waals surface area contributed by atoms with Crippen LogP contribution in [-0.4, -0.2) is 63.4 Å². The number of benzene rings is 1. The highest BCUT2D eigenvalue weighted by Crippen LogP contribution is 2.21. The van der Waals surface area contributed by atoms with Crippen molar-refractivity contribution in [1.82, 2.24) is 9.80 Å². The summed E-state index contributed by atoms with van der Waals surface area (Å²) in [4.78, 5) is 17.3. The Balaban J connectivity index is 1.35. The summed E-state index contributed by atoms with van der Waals surface area (Å²) in [6, 6.07) is 5.93. The summed E-state index contributed by atoms with van der Waals surface area (Å²) in [5, 5.41) is 7.91. The lowest BCUT2D eigenvalue weighted by atomic mass is 9.96. The lowest BCUT2D eigenvalue weighted by Gasteiger charge is -2.34. The summed E-state index contributed by atoms with van der Waals surface area (Å²) in [6.45, 7) is 6.65. The van der Waals surface area contributed by atoms with Crippen LogP contribution in [0.2, 0.25) is 0 Å². The van der Waals surface area contributed by atoms with Gasteiger partial charge < -0.3 is 15.1 Å². The molecule has 1 aromatic carbocycles. The summed E-state index contributed by atoms with van der Waals surface area (Å²) >= 11 is 0. The molecule has 0 aliphatic carbocycles. The van der Waals surface area contributed by atoms with Crippen molar-refractivity contribution in [2.45, 2.75) is 49.8 Å². The molecule has 0 aromatic heterocycles. The van der Waals surface area contributed by atoms with Crippen LogP contribution in [0.4, 0.5) is 5.69 Å². The smallest absolute Gasteiger partial charge is 0.238 e. The first kappa shape index (κ1) is 22.2. The Kier molecular flexibility index (Phi) is 8.06. The normalized spacial score (nSPS) is 20.3. The molecule has 0 unspecified atom stereocenters. The Bertz CT molecular complexity index is 751. The number of hydrogen-bond donors (Lipinski definition) is 2. The first-order valence-electron chi connectivity index (χ1n) is 10.8. The van der Waals surface area contributed by atoms with Gasteiger partial charge in [0.05, 0.1) is 4.90 Å². The van der Waals surface area contributed by atoms with Gasteiger partial charge in [-0.3, -0.25) is 4.79 Å². The van der Waals surface area contributed by atoms with E-state index < -0.39 is 10.0 Å². The number of piperidine rings is 1. The number of hydrogen-bond acceptors (Lipinski definition) is 5. The van der Waals surface area contributed by atoms with Gasteiger partial charge in [-0.15, -0.1) is 0 Å². The Labute approximate surface area is 174 Å². The average molecular weight is 423 g/mol. The van der Waals surface area contributed by atoms with Gasteiger partial charge >= 0.3 is 0 Å². The van der Waals surface area contributed by atoms with Crippen molar-refractivity contribution in [1.29, 1.82) is 0 Å². The number of amides is 1. The molecule has 1 amide bonds. The van der Waals surface area contributed by atoms with Crippen molar-refractivity contribution in [3.8, 4) is 0 Å². The van der Waals surface area contributed by atoms with Crippen molar-refractivity contribution in [3.63, 3.8) is 0 Å². The third kappa shape index (κ3) is 7.37. The van der Waals surface area contributed by atoms with Crippen LogP contribution in [0.3, 0.4) is 0 Å². The molecule has 2 heterocycles. The molecule has 2 saturated heterocycles. The topological polar surface area (TPSA) is 95.7 Å². The molecule has 7 nitrogen and oxygen atoms in total. The Hall–Kier alpha value is -1.48. The van der Waals surface area contributed by atoms with Crippen LogP contribution in [0.1, 0.15) is 44.9 Å². The van der Waals surface area contributed by atoms with Crippen molar-refractivity contribution in [3.05, 3.63) is 24.3 Å². The molecule has 0 saturated carbocycles. The lowest BCUT2D eigenvalue weighted by Crippen LogP contribution is -2.40. The maximum Gasteiger partial charge on any atom is 0.238 e. The maximum absolute atomic E-state index is 12.2.